The SMILES string of the molecule is Cc1ccc(NC(=O)CSC(C)C(=O)Nc2ccccc2F)cc1. The summed E-state index contributed by atoms with van der Waals surface area (Å²) in [7, 11) is 0. The number of amides is 2. The number of nitrogens with one attached hydrogen (secondary N) is 2. The van der Waals surface area contributed by atoms with Gasteiger partial charge in [-0.05, 0) is 38.1 Å². The number of para-hydroxylation sites is 1. The number of anilines is 2. The third kappa shape index (κ3) is 5.38. The van der Waals surface area contributed by atoms with Crippen molar-refractivity contribution in [3.05, 3.63) is 59.9 Å². The highest BCUT2D eigenvalue weighted by Gasteiger charge is 2.16. The van der Waals surface area contributed by atoms with Crippen LogP contribution in [0, 0.1) is 12.7 Å². The second kappa shape index (κ2) is 8.49. The average Bonchev–Trinajstić information content (AvgIpc) is 2.56. The maximum Gasteiger partial charge on any atom is 0.237 e. The van der Waals surface area contributed by atoms with Crippen LogP contribution in [0.2, 0.25) is 0 Å². The van der Waals surface area contributed by atoms with E-state index in [1.165, 1.54) is 23.9 Å². The summed E-state index contributed by atoms with van der Waals surface area (Å²) in [5.41, 5.74) is 1.97. The molecule has 0 saturated heterocycles. The minimum Gasteiger partial charge on any atom is -0.325 e. The van der Waals surface area contributed by atoms with E-state index >= 15 is 0 Å². The van der Waals surface area contributed by atoms with Gasteiger partial charge in [-0.25, -0.2) is 4.39 Å². The summed E-state index contributed by atoms with van der Waals surface area (Å²) in [6.07, 6.45) is 0. The van der Waals surface area contributed by atoms with Crippen molar-refractivity contribution < 1.29 is 14.0 Å². The molecular weight excluding hydrogens is 327 g/mol. The highest BCUT2D eigenvalue weighted by atomic mass is 32.2. The Morgan fingerprint density at radius 3 is 2.42 bits per heavy atom. The van der Waals surface area contributed by atoms with Gasteiger partial charge in [-0.1, -0.05) is 29.8 Å². The smallest absolute Gasteiger partial charge is 0.237 e. The first-order valence-electron chi connectivity index (χ1n) is 7.49. The number of hydrogen-bond donors (Lipinski definition) is 2. The molecule has 2 aromatic rings. The number of benzene rings is 2. The zero-order valence-corrected chi connectivity index (χ0v) is 14.3. The lowest BCUT2D eigenvalue weighted by Gasteiger charge is -2.12. The van der Waals surface area contributed by atoms with E-state index in [4.69, 9.17) is 0 Å². The lowest BCUT2D eigenvalue weighted by atomic mass is 10.2. The molecular formula is C18H19FN2O2S. The molecule has 0 aliphatic rings. The first kappa shape index (κ1) is 18.0. The fourth-order valence-electron chi connectivity index (χ4n) is 1.91. The maximum absolute atomic E-state index is 13.5. The van der Waals surface area contributed by atoms with Crippen LogP contribution >= 0.6 is 11.8 Å². The molecule has 0 saturated carbocycles. The molecule has 4 nitrogen and oxygen atoms in total. The molecule has 0 bridgehead atoms. The molecule has 2 amide bonds. The topological polar surface area (TPSA) is 58.2 Å². The van der Waals surface area contributed by atoms with Crippen molar-refractivity contribution in [1.29, 1.82) is 0 Å². The molecule has 0 fully saturated rings. The Hall–Kier alpha value is -2.34. The van der Waals surface area contributed by atoms with E-state index in [2.05, 4.69) is 10.6 Å². The van der Waals surface area contributed by atoms with Crippen LogP contribution < -0.4 is 10.6 Å². The van der Waals surface area contributed by atoms with Crippen LogP contribution in [0.25, 0.3) is 0 Å². The van der Waals surface area contributed by atoms with Gasteiger partial charge >= 0.3 is 0 Å². The second-order valence-electron chi connectivity index (χ2n) is 5.34. The molecule has 2 aromatic carbocycles. The number of carbonyl (C=O) groups is 2. The summed E-state index contributed by atoms with van der Waals surface area (Å²) in [4.78, 5) is 24.0. The van der Waals surface area contributed by atoms with E-state index in [-0.39, 0.29) is 23.3 Å². The Morgan fingerprint density at radius 1 is 1.08 bits per heavy atom. The number of rotatable bonds is 6. The van der Waals surface area contributed by atoms with E-state index in [0.29, 0.717) is 0 Å². The number of thioether (sulfide) groups is 1. The Morgan fingerprint density at radius 2 is 1.75 bits per heavy atom. The van der Waals surface area contributed by atoms with Crippen molar-refractivity contribution in [3.8, 4) is 0 Å². The summed E-state index contributed by atoms with van der Waals surface area (Å²) in [5, 5.41) is 4.82. The van der Waals surface area contributed by atoms with Gasteiger partial charge in [0.2, 0.25) is 11.8 Å². The van der Waals surface area contributed by atoms with Gasteiger partial charge in [0.05, 0.1) is 16.7 Å². The normalized spacial score (nSPS) is 11.6. The molecule has 0 aliphatic heterocycles. The zero-order valence-electron chi connectivity index (χ0n) is 13.5. The molecule has 6 heteroatoms. The summed E-state index contributed by atoms with van der Waals surface area (Å²) in [6.45, 7) is 3.65. The van der Waals surface area contributed by atoms with Crippen LogP contribution in [0.4, 0.5) is 15.8 Å². The van der Waals surface area contributed by atoms with Crippen molar-refractivity contribution in [2.75, 3.05) is 16.4 Å². The summed E-state index contributed by atoms with van der Waals surface area (Å²) >= 11 is 1.19. The monoisotopic (exact) mass is 346 g/mol. The molecule has 1 unspecified atom stereocenters. The van der Waals surface area contributed by atoms with Crippen LogP contribution in [0.5, 0.6) is 0 Å². The predicted octanol–water partition coefficient (Wildman–Crippen LogP) is 3.83. The second-order valence-corrected chi connectivity index (χ2v) is 6.67. The fraction of sp³-hybridized carbons (Fsp3) is 0.222. The van der Waals surface area contributed by atoms with E-state index in [9.17, 15) is 14.0 Å². The standard InChI is InChI=1S/C18H19FN2O2S/c1-12-7-9-14(10-8-12)20-17(22)11-24-13(2)18(23)21-16-6-4-3-5-15(16)19/h3-10,13H,11H2,1-2H3,(H,20,22)(H,21,23). The van der Waals surface area contributed by atoms with Crippen LogP contribution in [0.3, 0.4) is 0 Å². The molecule has 1 atom stereocenters. The lowest BCUT2D eigenvalue weighted by Crippen LogP contribution is -2.25. The quantitative estimate of drug-likeness (QED) is 0.836. The van der Waals surface area contributed by atoms with Crippen LogP contribution in [0.15, 0.2) is 48.5 Å². The van der Waals surface area contributed by atoms with E-state index < -0.39 is 11.1 Å². The van der Waals surface area contributed by atoms with Gasteiger partial charge in [-0.15, -0.1) is 11.8 Å². The van der Waals surface area contributed by atoms with Crippen LogP contribution in [-0.4, -0.2) is 22.8 Å². The molecule has 2 rings (SSSR count). The summed E-state index contributed by atoms with van der Waals surface area (Å²) in [6, 6.07) is 13.4. The van der Waals surface area contributed by atoms with E-state index in [1.54, 1.807) is 19.1 Å². The van der Waals surface area contributed by atoms with Gasteiger partial charge in [0.15, 0.2) is 0 Å². The van der Waals surface area contributed by atoms with Crippen molar-refractivity contribution in [2.45, 2.75) is 19.1 Å². The third-order valence-corrected chi connectivity index (χ3v) is 4.44. The summed E-state index contributed by atoms with van der Waals surface area (Å²) < 4.78 is 13.5. The molecule has 2 N–H and O–H groups in total. The number of aryl methyl sites for hydroxylation is 1. The first-order chi connectivity index (χ1) is 11.5. The zero-order chi connectivity index (χ0) is 17.5. The molecule has 0 heterocycles. The van der Waals surface area contributed by atoms with Crippen molar-refractivity contribution in [3.63, 3.8) is 0 Å². The van der Waals surface area contributed by atoms with Crippen molar-refractivity contribution in [1.82, 2.24) is 0 Å². The van der Waals surface area contributed by atoms with Gasteiger partial charge in [-0.2, -0.15) is 0 Å². The summed E-state index contributed by atoms with van der Waals surface area (Å²) in [5.74, 6) is -0.873. The molecule has 126 valence electrons. The minimum absolute atomic E-state index is 0.138. The Bertz CT molecular complexity index is 719. The Kier molecular flexibility index (Phi) is 6.37. The predicted molar refractivity (Wildman–Crippen MR) is 96.8 cm³/mol. The van der Waals surface area contributed by atoms with Gasteiger partial charge in [-0.3, -0.25) is 9.59 Å². The Balaban J connectivity index is 1.80. The number of halogens is 1. The Labute approximate surface area is 144 Å². The molecule has 24 heavy (non-hydrogen) atoms. The van der Waals surface area contributed by atoms with Gasteiger partial charge in [0.1, 0.15) is 5.82 Å². The minimum atomic E-state index is -0.486. The van der Waals surface area contributed by atoms with Gasteiger partial charge in [0, 0.05) is 5.69 Å². The maximum atomic E-state index is 13.5. The highest BCUT2D eigenvalue weighted by Crippen LogP contribution is 2.17. The average molecular weight is 346 g/mol. The number of carbonyl (C=O) groups excluding carboxylic acids is 2. The highest BCUT2D eigenvalue weighted by molar-refractivity contribution is 8.01. The van der Waals surface area contributed by atoms with E-state index in [1.807, 2.05) is 31.2 Å². The third-order valence-electron chi connectivity index (χ3n) is 3.30. The number of hydrogen-bond acceptors (Lipinski definition) is 3. The van der Waals surface area contributed by atoms with Crippen LogP contribution in [0.1, 0.15) is 12.5 Å². The first-order valence-corrected chi connectivity index (χ1v) is 8.54. The van der Waals surface area contributed by atoms with Crippen LogP contribution in [-0.2, 0) is 9.59 Å². The largest absolute Gasteiger partial charge is 0.325 e. The molecule has 0 aromatic heterocycles. The van der Waals surface area contributed by atoms with Crippen molar-refractivity contribution >= 4 is 35.0 Å². The molecule has 0 aliphatic carbocycles. The molecule has 0 spiro atoms. The molecule has 0 radical (unpaired) electrons. The fourth-order valence-corrected chi connectivity index (χ4v) is 2.59. The van der Waals surface area contributed by atoms with Gasteiger partial charge in [0.25, 0.3) is 0 Å². The van der Waals surface area contributed by atoms with Gasteiger partial charge < -0.3 is 10.6 Å². The lowest BCUT2D eigenvalue weighted by molar-refractivity contribution is -0.115. The van der Waals surface area contributed by atoms with Crippen molar-refractivity contribution in [2.24, 2.45) is 0 Å². The van der Waals surface area contributed by atoms with E-state index in [0.717, 1.165) is 11.3 Å².